The molecule has 0 bridgehead atoms. The van der Waals surface area contributed by atoms with Crippen molar-refractivity contribution in [1.82, 2.24) is 0 Å². The van der Waals surface area contributed by atoms with E-state index in [-0.39, 0.29) is 5.41 Å². The van der Waals surface area contributed by atoms with Gasteiger partial charge in [0.25, 0.3) is 0 Å². The lowest BCUT2D eigenvalue weighted by molar-refractivity contribution is 0.266. The molecule has 0 radical (unpaired) electrons. The van der Waals surface area contributed by atoms with Crippen LogP contribution in [0, 0.1) is 5.41 Å². The Kier molecular flexibility index (Phi) is 12.0. The largest absolute Gasteiger partial charge is 0.0654 e. The van der Waals surface area contributed by atoms with Crippen LogP contribution in [-0.2, 0) is 0 Å². The molecule has 224 valence electrons. The molecule has 0 aliphatic heterocycles. The fraction of sp³-hybridized carbons (Fsp3) is 0.610. The molecule has 0 saturated carbocycles. The van der Waals surface area contributed by atoms with Crippen LogP contribution in [0.25, 0.3) is 11.1 Å². The number of rotatable bonds is 18. The summed E-state index contributed by atoms with van der Waals surface area (Å²) >= 11 is 0. The number of allylic oxidation sites excluding steroid dienone is 4. The summed E-state index contributed by atoms with van der Waals surface area (Å²) in [5.41, 5.74) is 13.5. The van der Waals surface area contributed by atoms with Crippen molar-refractivity contribution in [2.75, 3.05) is 0 Å². The molecule has 0 fully saturated rings. The zero-order valence-corrected chi connectivity index (χ0v) is 27.6. The zero-order valence-electron chi connectivity index (χ0n) is 27.6. The first-order chi connectivity index (χ1) is 20.0. The van der Waals surface area contributed by atoms with Crippen molar-refractivity contribution in [2.45, 2.75) is 156 Å². The summed E-state index contributed by atoms with van der Waals surface area (Å²) < 4.78 is 0. The molecule has 2 aliphatic carbocycles. The van der Waals surface area contributed by atoms with Gasteiger partial charge in [-0.2, -0.15) is 0 Å². The van der Waals surface area contributed by atoms with Gasteiger partial charge in [0, 0.05) is 11.8 Å². The first kappa shape index (κ1) is 31.8. The third kappa shape index (κ3) is 6.95. The number of hydrogen-bond acceptors (Lipinski definition) is 0. The van der Waals surface area contributed by atoms with E-state index in [2.05, 4.69) is 90.1 Å². The average Bonchev–Trinajstić information content (AvgIpc) is 3.48. The van der Waals surface area contributed by atoms with Crippen LogP contribution in [0.1, 0.15) is 178 Å². The van der Waals surface area contributed by atoms with Crippen LogP contribution in [-0.4, -0.2) is 0 Å². The second-order valence-corrected chi connectivity index (χ2v) is 13.7. The van der Waals surface area contributed by atoms with Gasteiger partial charge < -0.3 is 0 Å². The third-order valence-corrected chi connectivity index (χ3v) is 10.3. The molecule has 2 aromatic rings. The maximum Gasteiger partial charge on any atom is 0.0120 e. The van der Waals surface area contributed by atoms with Crippen molar-refractivity contribution in [3.05, 3.63) is 81.9 Å². The summed E-state index contributed by atoms with van der Waals surface area (Å²) in [6.07, 6.45) is 20.9. The Balaban J connectivity index is 1.82. The highest BCUT2D eigenvalue weighted by Gasteiger charge is 2.48. The van der Waals surface area contributed by atoms with Crippen molar-refractivity contribution in [3.63, 3.8) is 0 Å². The van der Waals surface area contributed by atoms with E-state index in [0.717, 1.165) is 0 Å². The standard InChI is InChI=1S/C41H60/c1-7-11-15-17-25-31-33-27-19-21-29-37(33)39(35(31)23-13-9-3)41(5,6)40-36(24-14-10-4)32(26-18-16-12-8-2)34-28-20-22-30-38(34)40/h19-22,27-30,39-40H,7-18,23-26H2,1-6H3. The molecule has 0 amide bonds. The van der Waals surface area contributed by atoms with Crippen LogP contribution in [0.5, 0.6) is 0 Å². The number of fused-ring (bicyclic) bond motifs is 2. The first-order valence-corrected chi connectivity index (χ1v) is 17.6. The Labute approximate surface area is 254 Å². The monoisotopic (exact) mass is 552 g/mol. The summed E-state index contributed by atoms with van der Waals surface area (Å²) in [5.74, 6) is 1.00. The van der Waals surface area contributed by atoms with Gasteiger partial charge in [0.15, 0.2) is 0 Å². The summed E-state index contributed by atoms with van der Waals surface area (Å²) in [6.45, 7) is 14.7. The molecule has 0 saturated heterocycles. The van der Waals surface area contributed by atoms with Crippen LogP contribution < -0.4 is 0 Å². The van der Waals surface area contributed by atoms with Crippen molar-refractivity contribution in [3.8, 4) is 0 Å². The number of unbranched alkanes of at least 4 members (excludes halogenated alkanes) is 8. The van der Waals surface area contributed by atoms with E-state index in [1.54, 1.807) is 44.5 Å². The molecule has 4 rings (SSSR count). The van der Waals surface area contributed by atoms with Gasteiger partial charge in [0.1, 0.15) is 0 Å². The van der Waals surface area contributed by atoms with Gasteiger partial charge >= 0.3 is 0 Å². The van der Waals surface area contributed by atoms with E-state index in [1.807, 2.05) is 0 Å². The average molecular weight is 553 g/mol. The quantitative estimate of drug-likeness (QED) is 0.161. The van der Waals surface area contributed by atoms with Crippen molar-refractivity contribution < 1.29 is 0 Å². The fourth-order valence-corrected chi connectivity index (χ4v) is 8.36. The molecule has 2 unspecified atom stereocenters. The number of hydrogen-bond donors (Lipinski definition) is 0. The van der Waals surface area contributed by atoms with Gasteiger partial charge in [-0.05, 0) is 90.2 Å². The van der Waals surface area contributed by atoms with Gasteiger partial charge in [-0.3, -0.25) is 0 Å². The summed E-state index contributed by atoms with van der Waals surface area (Å²) in [6, 6.07) is 19.1. The molecule has 2 aliphatic rings. The summed E-state index contributed by atoms with van der Waals surface area (Å²) in [7, 11) is 0. The molecular weight excluding hydrogens is 492 g/mol. The molecule has 0 heterocycles. The Morgan fingerprint density at radius 1 is 0.463 bits per heavy atom. The molecule has 41 heavy (non-hydrogen) atoms. The second-order valence-electron chi connectivity index (χ2n) is 13.7. The first-order valence-electron chi connectivity index (χ1n) is 17.6. The van der Waals surface area contributed by atoms with Crippen LogP contribution in [0.2, 0.25) is 0 Å². The minimum Gasteiger partial charge on any atom is -0.0654 e. The highest BCUT2D eigenvalue weighted by atomic mass is 14.5. The van der Waals surface area contributed by atoms with E-state index in [1.165, 1.54) is 103 Å². The van der Waals surface area contributed by atoms with Crippen molar-refractivity contribution in [2.24, 2.45) is 5.41 Å². The van der Waals surface area contributed by atoms with Crippen LogP contribution in [0.15, 0.2) is 59.7 Å². The maximum absolute atomic E-state index is 2.65. The molecule has 2 aromatic carbocycles. The van der Waals surface area contributed by atoms with E-state index < -0.39 is 0 Å². The fourth-order valence-electron chi connectivity index (χ4n) is 8.36. The lowest BCUT2D eigenvalue weighted by Gasteiger charge is -2.42. The van der Waals surface area contributed by atoms with Crippen LogP contribution in [0.4, 0.5) is 0 Å². The Morgan fingerprint density at radius 2 is 0.854 bits per heavy atom. The van der Waals surface area contributed by atoms with Gasteiger partial charge in [-0.15, -0.1) is 0 Å². The van der Waals surface area contributed by atoms with E-state index in [0.29, 0.717) is 11.8 Å². The molecule has 0 N–H and O–H groups in total. The molecule has 0 nitrogen and oxygen atoms in total. The van der Waals surface area contributed by atoms with E-state index in [9.17, 15) is 0 Å². The van der Waals surface area contributed by atoms with Gasteiger partial charge in [0.05, 0.1) is 0 Å². The highest BCUT2D eigenvalue weighted by Crippen LogP contribution is 2.63. The number of benzene rings is 2. The minimum atomic E-state index is 0.120. The normalized spacial score (nSPS) is 18.4. The lowest BCUT2D eigenvalue weighted by Crippen LogP contribution is -2.31. The smallest absolute Gasteiger partial charge is 0.0120 e. The Morgan fingerprint density at radius 3 is 1.24 bits per heavy atom. The van der Waals surface area contributed by atoms with Gasteiger partial charge in [-0.25, -0.2) is 0 Å². The molecule has 0 spiro atoms. The topological polar surface area (TPSA) is 0 Å². The van der Waals surface area contributed by atoms with E-state index in [4.69, 9.17) is 0 Å². The van der Waals surface area contributed by atoms with Gasteiger partial charge in [-0.1, -0.05) is 153 Å². The van der Waals surface area contributed by atoms with Crippen molar-refractivity contribution in [1.29, 1.82) is 0 Å². The molecule has 2 atom stereocenters. The minimum absolute atomic E-state index is 0.120. The molecule has 0 aromatic heterocycles. The van der Waals surface area contributed by atoms with Gasteiger partial charge in [0.2, 0.25) is 0 Å². The predicted octanol–water partition coefficient (Wildman–Crippen LogP) is 13.4. The predicted molar refractivity (Wildman–Crippen MR) is 183 cm³/mol. The third-order valence-electron chi connectivity index (χ3n) is 10.3. The summed E-state index contributed by atoms with van der Waals surface area (Å²) in [4.78, 5) is 0. The Hall–Kier alpha value is -2.08. The molecule has 0 heteroatoms. The SMILES string of the molecule is CCCCCCC1=C(CCCC)C(C(C)(C)C2C(CCCC)=C(CCCCCC)c3ccccc32)c2ccccc21. The lowest BCUT2D eigenvalue weighted by atomic mass is 9.61. The second kappa shape index (κ2) is 15.4. The van der Waals surface area contributed by atoms with Crippen LogP contribution >= 0.6 is 0 Å². The van der Waals surface area contributed by atoms with Crippen LogP contribution in [0.3, 0.4) is 0 Å². The zero-order chi connectivity index (χ0) is 29.2. The Bertz CT molecular complexity index is 1080. The van der Waals surface area contributed by atoms with Crippen molar-refractivity contribution >= 4 is 11.1 Å². The van der Waals surface area contributed by atoms with E-state index >= 15 is 0 Å². The highest BCUT2D eigenvalue weighted by molar-refractivity contribution is 5.81. The summed E-state index contributed by atoms with van der Waals surface area (Å²) in [5, 5.41) is 0. The molecular formula is C41H60. The maximum atomic E-state index is 2.65.